The maximum absolute atomic E-state index is 5.15. The SMILES string of the molecule is C(=N[C@@H]1C2c3ccccc3C(c3ccccc32)[C@H]1N=Cc1ccncc1)c1ccncc1.[Br][Ni][Br]. The van der Waals surface area contributed by atoms with Gasteiger partial charge in [-0.15, -0.1) is 0 Å². The number of nitrogens with zero attached hydrogens (tertiary/aromatic N) is 4. The molecule has 0 saturated heterocycles. The normalized spacial score (nSPS) is 22.0. The maximum atomic E-state index is 5.15. The number of benzene rings is 2. The molecule has 2 aromatic carbocycles. The summed E-state index contributed by atoms with van der Waals surface area (Å²) in [7, 11) is 1.25. The van der Waals surface area contributed by atoms with Gasteiger partial charge in [0.15, 0.2) is 0 Å². The molecule has 4 aromatic rings. The van der Waals surface area contributed by atoms with Crippen LogP contribution in [0.3, 0.4) is 0 Å². The molecule has 0 aliphatic heterocycles. The summed E-state index contributed by atoms with van der Waals surface area (Å²) in [5.74, 6) is 0.371. The van der Waals surface area contributed by atoms with Gasteiger partial charge in [-0.1, -0.05) is 48.5 Å². The van der Waals surface area contributed by atoms with E-state index in [1.165, 1.54) is 33.2 Å². The van der Waals surface area contributed by atoms with Crippen molar-refractivity contribution in [1.82, 2.24) is 9.97 Å². The van der Waals surface area contributed by atoms with Crippen LogP contribution < -0.4 is 0 Å². The van der Waals surface area contributed by atoms with Gasteiger partial charge in [0.25, 0.3) is 0 Å². The predicted octanol–water partition coefficient (Wildman–Crippen LogP) is 6.73. The number of aromatic nitrogens is 2. The minimum atomic E-state index is 0.0241. The molecule has 0 fully saturated rings. The summed E-state index contributed by atoms with van der Waals surface area (Å²) in [6.07, 6.45) is 11.2. The summed E-state index contributed by atoms with van der Waals surface area (Å²) in [6.45, 7) is 0. The van der Waals surface area contributed by atoms with Gasteiger partial charge < -0.3 is 0 Å². The van der Waals surface area contributed by atoms with E-state index in [1.54, 1.807) is 24.8 Å². The molecule has 2 bridgehead atoms. The van der Waals surface area contributed by atoms with Gasteiger partial charge in [0.1, 0.15) is 0 Å². The monoisotopic (exact) mass is 630 g/mol. The molecular formula is C28H22Br2N4Ni. The van der Waals surface area contributed by atoms with Gasteiger partial charge in [0.2, 0.25) is 0 Å². The van der Waals surface area contributed by atoms with Gasteiger partial charge in [-0.3, -0.25) is 20.0 Å². The molecule has 0 N–H and O–H groups in total. The van der Waals surface area contributed by atoms with Crippen LogP contribution in [-0.2, 0) is 10.9 Å². The fraction of sp³-hybridized carbons (Fsp3) is 0.143. The first-order valence-electron chi connectivity index (χ1n) is 11.2. The number of halogens is 2. The van der Waals surface area contributed by atoms with Crippen molar-refractivity contribution in [2.45, 2.75) is 23.9 Å². The molecule has 3 aliphatic rings. The summed E-state index contributed by atoms with van der Waals surface area (Å²) in [5, 5.41) is 0. The van der Waals surface area contributed by atoms with E-state index in [2.05, 4.69) is 86.9 Å². The third-order valence-corrected chi connectivity index (χ3v) is 6.57. The van der Waals surface area contributed by atoms with Crippen molar-refractivity contribution in [3.05, 3.63) is 131 Å². The van der Waals surface area contributed by atoms with Crippen LogP contribution in [0, 0.1) is 0 Å². The molecule has 7 rings (SSSR count). The van der Waals surface area contributed by atoms with E-state index in [-0.39, 0.29) is 23.9 Å². The quantitative estimate of drug-likeness (QED) is 0.185. The number of aliphatic imine (C=N–C) groups is 2. The number of pyridine rings is 2. The zero-order valence-electron chi connectivity index (χ0n) is 18.6. The van der Waals surface area contributed by atoms with Gasteiger partial charge in [0.05, 0.1) is 12.1 Å². The van der Waals surface area contributed by atoms with Crippen LogP contribution in [0.15, 0.2) is 108 Å². The van der Waals surface area contributed by atoms with Crippen molar-refractivity contribution in [2.75, 3.05) is 0 Å². The Bertz CT molecular complexity index is 1180. The van der Waals surface area contributed by atoms with Crippen LogP contribution in [-0.4, -0.2) is 34.5 Å². The molecule has 0 unspecified atom stereocenters. The Kier molecular flexibility index (Phi) is 7.97. The van der Waals surface area contributed by atoms with Crippen LogP contribution in [0.4, 0.5) is 0 Å². The topological polar surface area (TPSA) is 50.5 Å². The average Bonchev–Trinajstić information content (AvgIpc) is 2.92. The third kappa shape index (κ3) is 5.09. The fourth-order valence-corrected chi connectivity index (χ4v) is 5.21. The Hall–Kier alpha value is -2.47. The van der Waals surface area contributed by atoms with E-state index < -0.39 is 0 Å². The van der Waals surface area contributed by atoms with Gasteiger partial charge >= 0.3 is 39.3 Å². The second-order valence-corrected chi connectivity index (χ2v) is 13.3. The Labute approximate surface area is 225 Å². The van der Waals surface area contributed by atoms with E-state index >= 15 is 0 Å². The second kappa shape index (κ2) is 11.5. The first-order chi connectivity index (χ1) is 17.3. The van der Waals surface area contributed by atoms with Crippen molar-refractivity contribution in [1.29, 1.82) is 0 Å². The fourth-order valence-electron chi connectivity index (χ4n) is 5.21. The zero-order chi connectivity index (χ0) is 24.0. The van der Waals surface area contributed by atoms with Crippen LogP contribution in [0.1, 0.15) is 45.2 Å². The van der Waals surface area contributed by atoms with Gasteiger partial charge in [-0.2, -0.15) is 0 Å². The molecule has 35 heavy (non-hydrogen) atoms. The van der Waals surface area contributed by atoms with E-state index in [4.69, 9.17) is 9.98 Å². The minimum absolute atomic E-state index is 0.0241. The Morgan fingerprint density at radius 3 is 1.20 bits per heavy atom. The molecule has 0 saturated carbocycles. The molecule has 0 spiro atoms. The molecule has 7 heteroatoms. The van der Waals surface area contributed by atoms with Gasteiger partial charge in [-0.25, -0.2) is 0 Å². The van der Waals surface area contributed by atoms with Crippen LogP contribution in [0.2, 0.25) is 0 Å². The summed E-state index contributed by atoms with van der Waals surface area (Å²) in [6, 6.07) is 25.6. The zero-order valence-corrected chi connectivity index (χ0v) is 22.7. The number of rotatable bonds is 4. The van der Waals surface area contributed by atoms with Crippen LogP contribution >= 0.6 is 28.5 Å². The molecule has 2 atom stereocenters. The Balaban J connectivity index is 0.000000806. The summed E-state index contributed by atoms with van der Waals surface area (Å²) in [4.78, 5) is 18.5. The van der Waals surface area contributed by atoms with Crippen molar-refractivity contribution < 1.29 is 10.9 Å². The molecule has 178 valence electrons. The number of hydrogen-bond acceptors (Lipinski definition) is 4. The first kappa shape index (κ1) is 24.2. The molecule has 4 nitrogen and oxygen atoms in total. The third-order valence-electron chi connectivity index (χ3n) is 6.57. The number of fused-ring (bicyclic) bond motifs is 1. The second-order valence-electron chi connectivity index (χ2n) is 8.36. The van der Waals surface area contributed by atoms with Crippen molar-refractivity contribution in [3.8, 4) is 0 Å². The van der Waals surface area contributed by atoms with E-state index in [0.717, 1.165) is 11.1 Å². The molecule has 3 aliphatic carbocycles. The summed E-state index contributed by atoms with van der Waals surface area (Å²) < 4.78 is 0. The van der Waals surface area contributed by atoms with E-state index in [1.807, 2.05) is 36.7 Å². The average molecular weight is 633 g/mol. The van der Waals surface area contributed by atoms with Gasteiger partial charge in [0, 0.05) is 49.1 Å². The van der Waals surface area contributed by atoms with Crippen LogP contribution in [0.5, 0.6) is 0 Å². The Morgan fingerprint density at radius 1 is 0.571 bits per heavy atom. The molecule has 0 radical (unpaired) electrons. The van der Waals surface area contributed by atoms with E-state index in [0.29, 0.717) is 0 Å². The molecule has 2 heterocycles. The van der Waals surface area contributed by atoms with Crippen molar-refractivity contribution in [3.63, 3.8) is 0 Å². The first-order valence-corrected chi connectivity index (χ1v) is 16.1. The van der Waals surface area contributed by atoms with E-state index in [9.17, 15) is 0 Å². The van der Waals surface area contributed by atoms with Gasteiger partial charge in [-0.05, 0) is 57.6 Å². The van der Waals surface area contributed by atoms with Crippen molar-refractivity contribution in [2.24, 2.45) is 9.98 Å². The van der Waals surface area contributed by atoms with Crippen LogP contribution in [0.25, 0.3) is 0 Å². The number of hydrogen-bond donors (Lipinski definition) is 0. The standard InChI is InChI=1S/C28H22N4.2BrH.Ni/c1-2-6-22-21(5-1)25-23-7-3-4-8-24(23)26(22)28(32-18-20-11-15-30-16-12-20)27(25)31-17-19-9-13-29-14-10-19;;;/h1-18,25-28H;2*1H;/q;;;+2/p-2/t25?,26?,27-,28-;;;/m1.../s1. The molecular weight excluding hydrogens is 611 g/mol. The molecule has 2 aromatic heterocycles. The summed E-state index contributed by atoms with van der Waals surface area (Å²) >= 11 is 6.00. The van der Waals surface area contributed by atoms with Crippen molar-refractivity contribution >= 4 is 40.9 Å². The molecule has 0 amide bonds. The summed E-state index contributed by atoms with van der Waals surface area (Å²) in [5.41, 5.74) is 7.62. The predicted molar refractivity (Wildman–Crippen MR) is 146 cm³/mol. The Morgan fingerprint density at radius 2 is 0.886 bits per heavy atom.